The number of rotatable bonds is 5. The van der Waals surface area contributed by atoms with E-state index >= 15 is 0 Å². The largest absolute Gasteiger partial charge is 0.354 e. The zero-order valence-corrected chi connectivity index (χ0v) is 13.5. The van der Waals surface area contributed by atoms with Crippen LogP contribution in [0.25, 0.3) is 0 Å². The normalized spacial score (nSPS) is 15.8. The van der Waals surface area contributed by atoms with Crippen molar-refractivity contribution in [2.24, 2.45) is 0 Å². The molecule has 0 saturated carbocycles. The Morgan fingerprint density at radius 1 is 1.09 bits per heavy atom. The van der Waals surface area contributed by atoms with Crippen LogP contribution in [0, 0.1) is 5.82 Å². The van der Waals surface area contributed by atoms with E-state index in [2.05, 4.69) is 33.2 Å². The Bertz CT molecular complexity index is 638. The monoisotopic (exact) mass is 314 g/mol. The zero-order chi connectivity index (χ0) is 16.1. The molecule has 1 aliphatic rings. The first-order valence-electron chi connectivity index (χ1n) is 8.05. The van der Waals surface area contributed by atoms with Crippen LogP contribution in [0.2, 0.25) is 0 Å². The lowest BCUT2D eigenvalue weighted by Crippen LogP contribution is -2.45. The Hall–Kier alpha value is -1.98. The maximum absolute atomic E-state index is 13.2. The van der Waals surface area contributed by atoms with Crippen molar-refractivity contribution in [3.05, 3.63) is 59.5 Å². The van der Waals surface area contributed by atoms with E-state index in [0.29, 0.717) is 6.54 Å². The molecule has 0 unspecified atom stereocenters. The van der Waals surface area contributed by atoms with Crippen molar-refractivity contribution in [2.75, 3.05) is 38.1 Å². The van der Waals surface area contributed by atoms with E-state index in [-0.39, 0.29) is 5.82 Å². The van der Waals surface area contributed by atoms with Gasteiger partial charge in [-0.15, -0.1) is 0 Å². The molecule has 1 fully saturated rings. The summed E-state index contributed by atoms with van der Waals surface area (Å²) in [4.78, 5) is 9.26. The highest BCUT2D eigenvalue weighted by atomic mass is 19.1. The summed E-state index contributed by atoms with van der Waals surface area (Å²) in [5.41, 5.74) is 2.14. The van der Waals surface area contributed by atoms with Crippen molar-refractivity contribution in [3.63, 3.8) is 0 Å². The third kappa shape index (κ3) is 4.27. The molecule has 23 heavy (non-hydrogen) atoms. The number of pyridine rings is 1. The molecule has 0 bridgehead atoms. The minimum Gasteiger partial charge on any atom is -0.354 e. The molecule has 0 atom stereocenters. The summed E-state index contributed by atoms with van der Waals surface area (Å²) in [6.07, 6.45) is 1.85. The quantitative estimate of drug-likeness (QED) is 0.917. The van der Waals surface area contributed by atoms with E-state index in [1.54, 1.807) is 12.1 Å². The second-order valence-corrected chi connectivity index (χ2v) is 6.01. The SMILES string of the molecule is CN1CCN(c2ncccc2CNCc2cccc(F)c2)CC1. The number of nitrogens with zero attached hydrogens (tertiary/aromatic N) is 3. The molecule has 2 heterocycles. The molecule has 4 nitrogen and oxygen atoms in total. The van der Waals surface area contributed by atoms with Gasteiger partial charge in [0.1, 0.15) is 11.6 Å². The van der Waals surface area contributed by atoms with Gasteiger partial charge in [-0.05, 0) is 30.8 Å². The van der Waals surface area contributed by atoms with Gasteiger partial charge in [0.15, 0.2) is 0 Å². The molecule has 2 aromatic rings. The van der Waals surface area contributed by atoms with Crippen LogP contribution in [0.3, 0.4) is 0 Å². The summed E-state index contributed by atoms with van der Waals surface area (Å²) in [6, 6.07) is 10.8. The Kier molecular flexibility index (Phi) is 5.20. The molecule has 1 aromatic carbocycles. The maximum Gasteiger partial charge on any atom is 0.133 e. The van der Waals surface area contributed by atoms with Gasteiger partial charge in [0.05, 0.1) is 0 Å². The van der Waals surface area contributed by atoms with E-state index in [4.69, 9.17) is 0 Å². The summed E-state index contributed by atoms with van der Waals surface area (Å²) in [5, 5.41) is 3.39. The van der Waals surface area contributed by atoms with E-state index in [1.165, 1.54) is 11.6 Å². The van der Waals surface area contributed by atoms with Crippen LogP contribution >= 0.6 is 0 Å². The smallest absolute Gasteiger partial charge is 0.133 e. The van der Waals surface area contributed by atoms with Gasteiger partial charge in [0.2, 0.25) is 0 Å². The first kappa shape index (κ1) is 15.9. The number of anilines is 1. The molecule has 5 heteroatoms. The molecule has 0 radical (unpaired) electrons. The molecule has 0 amide bonds. The summed E-state index contributed by atoms with van der Waals surface area (Å²) in [5.74, 6) is 0.871. The fourth-order valence-corrected chi connectivity index (χ4v) is 2.86. The molecule has 1 aliphatic heterocycles. The second kappa shape index (κ2) is 7.53. The molecule has 3 rings (SSSR count). The second-order valence-electron chi connectivity index (χ2n) is 6.01. The number of halogens is 1. The van der Waals surface area contributed by atoms with Crippen molar-refractivity contribution in [1.82, 2.24) is 15.2 Å². The van der Waals surface area contributed by atoms with Crippen LogP contribution in [0.4, 0.5) is 10.2 Å². The summed E-state index contributed by atoms with van der Waals surface area (Å²) in [6.45, 7) is 5.51. The third-order valence-corrected chi connectivity index (χ3v) is 4.20. The lowest BCUT2D eigenvalue weighted by atomic mass is 10.2. The molecule has 0 spiro atoms. The Morgan fingerprint density at radius 2 is 1.91 bits per heavy atom. The number of hydrogen-bond acceptors (Lipinski definition) is 4. The average Bonchev–Trinajstić information content (AvgIpc) is 2.56. The van der Waals surface area contributed by atoms with Gasteiger partial charge in [0, 0.05) is 51.0 Å². The van der Waals surface area contributed by atoms with E-state index < -0.39 is 0 Å². The highest BCUT2D eigenvalue weighted by Gasteiger charge is 2.17. The fraction of sp³-hybridized carbons (Fsp3) is 0.389. The number of likely N-dealkylation sites (N-methyl/N-ethyl adjacent to an activating group) is 1. The first-order chi connectivity index (χ1) is 11.2. The first-order valence-corrected chi connectivity index (χ1v) is 8.05. The predicted octanol–water partition coefficient (Wildman–Crippen LogP) is 2.26. The molecule has 122 valence electrons. The van der Waals surface area contributed by atoms with E-state index in [1.807, 2.05) is 18.3 Å². The standard InChI is InChI=1S/C18H23FN4/c1-22-8-10-23(11-9-22)18-16(5-3-7-21-18)14-20-13-15-4-2-6-17(19)12-15/h2-7,12,20H,8-11,13-14H2,1H3. The average molecular weight is 314 g/mol. The van der Waals surface area contributed by atoms with Gasteiger partial charge in [-0.1, -0.05) is 18.2 Å². The van der Waals surface area contributed by atoms with E-state index in [9.17, 15) is 4.39 Å². The van der Waals surface area contributed by atoms with Crippen LogP contribution in [-0.2, 0) is 13.1 Å². The topological polar surface area (TPSA) is 31.4 Å². The maximum atomic E-state index is 13.2. The number of piperazine rings is 1. The number of hydrogen-bond donors (Lipinski definition) is 1. The van der Waals surface area contributed by atoms with Gasteiger partial charge in [0.25, 0.3) is 0 Å². The molecular formula is C18H23FN4. The fourth-order valence-electron chi connectivity index (χ4n) is 2.86. The van der Waals surface area contributed by atoms with Crippen molar-refractivity contribution in [3.8, 4) is 0 Å². The summed E-state index contributed by atoms with van der Waals surface area (Å²) in [7, 11) is 2.15. The van der Waals surface area contributed by atoms with Crippen molar-refractivity contribution >= 4 is 5.82 Å². The van der Waals surface area contributed by atoms with Gasteiger partial charge >= 0.3 is 0 Å². The molecule has 1 aromatic heterocycles. The van der Waals surface area contributed by atoms with Crippen LogP contribution in [-0.4, -0.2) is 43.1 Å². The van der Waals surface area contributed by atoms with Crippen LogP contribution in [0.15, 0.2) is 42.6 Å². The predicted molar refractivity (Wildman–Crippen MR) is 90.9 cm³/mol. The van der Waals surface area contributed by atoms with Gasteiger partial charge < -0.3 is 15.1 Å². The zero-order valence-electron chi connectivity index (χ0n) is 13.5. The lowest BCUT2D eigenvalue weighted by Gasteiger charge is -2.34. The van der Waals surface area contributed by atoms with Crippen LogP contribution in [0.1, 0.15) is 11.1 Å². The number of aromatic nitrogens is 1. The van der Waals surface area contributed by atoms with Gasteiger partial charge in [-0.2, -0.15) is 0 Å². The molecular weight excluding hydrogens is 291 g/mol. The van der Waals surface area contributed by atoms with Gasteiger partial charge in [-0.3, -0.25) is 0 Å². The third-order valence-electron chi connectivity index (χ3n) is 4.20. The highest BCUT2D eigenvalue weighted by molar-refractivity contribution is 5.47. The van der Waals surface area contributed by atoms with Crippen LogP contribution < -0.4 is 10.2 Å². The summed E-state index contributed by atoms with van der Waals surface area (Å²) < 4.78 is 13.2. The van der Waals surface area contributed by atoms with E-state index in [0.717, 1.165) is 44.1 Å². The molecule has 0 aliphatic carbocycles. The van der Waals surface area contributed by atoms with Crippen molar-refractivity contribution in [2.45, 2.75) is 13.1 Å². The Morgan fingerprint density at radius 3 is 2.70 bits per heavy atom. The van der Waals surface area contributed by atoms with Crippen molar-refractivity contribution in [1.29, 1.82) is 0 Å². The molecule has 1 N–H and O–H groups in total. The lowest BCUT2D eigenvalue weighted by molar-refractivity contribution is 0.311. The van der Waals surface area contributed by atoms with Crippen molar-refractivity contribution < 1.29 is 4.39 Å². The highest BCUT2D eigenvalue weighted by Crippen LogP contribution is 2.18. The Balaban J connectivity index is 1.62. The minimum atomic E-state index is -0.191. The summed E-state index contributed by atoms with van der Waals surface area (Å²) >= 11 is 0. The van der Waals surface area contributed by atoms with Gasteiger partial charge in [-0.25, -0.2) is 9.37 Å². The Labute approximate surface area is 136 Å². The number of benzene rings is 1. The minimum absolute atomic E-state index is 0.191. The number of nitrogens with one attached hydrogen (secondary N) is 1. The van der Waals surface area contributed by atoms with Crippen LogP contribution in [0.5, 0.6) is 0 Å². The molecule has 1 saturated heterocycles.